The molecule has 0 aromatic heterocycles. The molecule has 0 amide bonds. The van der Waals surface area contributed by atoms with Crippen molar-refractivity contribution < 1.29 is 14.0 Å². The van der Waals surface area contributed by atoms with E-state index in [4.69, 9.17) is 9.16 Å². The van der Waals surface area contributed by atoms with Crippen LogP contribution in [0.1, 0.15) is 55.4 Å². The Bertz CT molecular complexity index is 599. The molecule has 3 nitrogen and oxygen atoms in total. The Morgan fingerprint density at radius 3 is 2.13 bits per heavy atom. The molecule has 0 spiro atoms. The number of carbonyl (C=O) groups is 1. The van der Waals surface area contributed by atoms with Gasteiger partial charge in [0, 0.05) is 0 Å². The van der Waals surface area contributed by atoms with E-state index in [9.17, 15) is 4.79 Å². The van der Waals surface area contributed by atoms with E-state index in [1.165, 1.54) is 0 Å². The molecule has 2 rings (SSSR count). The van der Waals surface area contributed by atoms with Gasteiger partial charge >= 0.3 is 0 Å². The quantitative estimate of drug-likeness (QED) is 0.538. The van der Waals surface area contributed by atoms with Gasteiger partial charge in [0.05, 0.1) is 5.57 Å². The summed E-state index contributed by atoms with van der Waals surface area (Å²) in [5, 5.41) is 0.0529. The van der Waals surface area contributed by atoms with Crippen LogP contribution in [0.4, 0.5) is 0 Å². The second-order valence-corrected chi connectivity index (χ2v) is 14.2. The average Bonchev–Trinajstić information content (AvgIpc) is 2.75. The molecular weight excluding hydrogens is 304 g/mol. The van der Waals surface area contributed by atoms with E-state index in [-0.39, 0.29) is 22.3 Å². The molecule has 0 aliphatic carbocycles. The van der Waals surface area contributed by atoms with Crippen LogP contribution in [-0.4, -0.2) is 26.0 Å². The van der Waals surface area contributed by atoms with Crippen molar-refractivity contribution >= 4 is 14.1 Å². The highest BCUT2D eigenvalue weighted by Crippen LogP contribution is 2.55. The van der Waals surface area contributed by atoms with Crippen LogP contribution in [0.15, 0.2) is 22.8 Å². The van der Waals surface area contributed by atoms with E-state index in [0.717, 1.165) is 16.7 Å². The third-order valence-electron chi connectivity index (χ3n) is 5.38. The number of rotatable bonds is 3. The minimum Gasteiger partial charge on any atom is -0.383 e. The summed E-state index contributed by atoms with van der Waals surface area (Å²) in [6.07, 6.45) is 1.91. The zero-order valence-corrected chi connectivity index (χ0v) is 17.4. The van der Waals surface area contributed by atoms with Gasteiger partial charge in [-0.15, -0.1) is 0 Å². The van der Waals surface area contributed by atoms with E-state index >= 15 is 0 Å². The van der Waals surface area contributed by atoms with Crippen molar-refractivity contribution in [1.29, 1.82) is 0 Å². The summed E-state index contributed by atoms with van der Waals surface area (Å²) in [5.41, 5.74) is 2.84. The monoisotopic (exact) mass is 336 g/mol. The molecule has 2 aliphatic rings. The van der Waals surface area contributed by atoms with Gasteiger partial charge in [-0.3, -0.25) is 4.79 Å². The predicted molar refractivity (Wildman–Crippen MR) is 96.8 cm³/mol. The summed E-state index contributed by atoms with van der Waals surface area (Å²) in [4.78, 5) is 12.5. The molecule has 0 saturated heterocycles. The van der Waals surface area contributed by atoms with Gasteiger partial charge in [-0.2, -0.15) is 0 Å². The highest BCUT2D eigenvalue weighted by Gasteiger charge is 2.58. The Morgan fingerprint density at radius 2 is 1.74 bits per heavy atom. The first kappa shape index (κ1) is 18.6. The Morgan fingerprint density at radius 1 is 1.22 bits per heavy atom. The first-order valence-corrected chi connectivity index (χ1v) is 11.4. The highest BCUT2D eigenvalue weighted by atomic mass is 28.4. The fourth-order valence-corrected chi connectivity index (χ4v) is 4.53. The van der Waals surface area contributed by atoms with Crippen molar-refractivity contribution in [3.63, 3.8) is 0 Å². The van der Waals surface area contributed by atoms with Crippen LogP contribution in [0.25, 0.3) is 0 Å². The fraction of sp³-hybridized carbons (Fsp3) is 0.737. The van der Waals surface area contributed by atoms with Gasteiger partial charge in [-0.1, -0.05) is 41.5 Å². The van der Waals surface area contributed by atoms with Crippen LogP contribution in [-0.2, 0) is 14.0 Å². The topological polar surface area (TPSA) is 35.5 Å². The third kappa shape index (κ3) is 2.90. The number of Topliss-reactive ketones (excluding diaryl/α,β-unsaturated/α-hetero) is 1. The standard InChI is InChI=1S/C19H32O3Si/c1-12-11-19(22-23(9,10)18(6,7)8)14(13(2)20)15(16(12)21-19)17(3,4)5/h11,16H,1-10H3. The molecule has 0 aromatic carbocycles. The summed E-state index contributed by atoms with van der Waals surface area (Å²) in [6.45, 7) is 21.1. The normalized spacial score (nSPS) is 28.4. The first-order valence-electron chi connectivity index (χ1n) is 8.46. The van der Waals surface area contributed by atoms with Crippen molar-refractivity contribution in [1.82, 2.24) is 0 Å². The van der Waals surface area contributed by atoms with Gasteiger partial charge in [0.25, 0.3) is 0 Å². The lowest BCUT2D eigenvalue weighted by Gasteiger charge is -2.42. The maximum atomic E-state index is 12.5. The fourth-order valence-electron chi connectivity index (χ4n) is 3.25. The van der Waals surface area contributed by atoms with Crippen molar-refractivity contribution in [3.8, 4) is 0 Å². The van der Waals surface area contributed by atoms with E-state index in [1.54, 1.807) is 6.92 Å². The molecule has 23 heavy (non-hydrogen) atoms. The Labute approximate surface area is 142 Å². The molecule has 2 atom stereocenters. The molecule has 0 N–H and O–H groups in total. The Hall–Kier alpha value is -0.713. The largest absolute Gasteiger partial charge is 0.383 e. The number of fused-ring (bicyclic) bond motifs is 2. The Kier molecular flexibility index (Phi) is 4.16. The summed E-state index contributed by atoms with van der Waals surface area (Å²) in [6, 6.07) is 0. The first-order chi connectivity index (χ1) is 10.1. The van der Waals surface area contributed by atoms with Crippen LogP contribution in [0.2, 0.25) is 18.1 Å². The lowest BCUT2D eigenvalue weighted by molar-refractivity contribution is -0.128. The number of ether oxygens (including phenoxy) is 1. The molecule has 4 heteroatoms. The van der Waals surface area contributed by atoms with Crippen LogP contribution < -0.4 is 0 Å². The van der Waals surface area contributed by atoms with Gasteiger partial charge in [-0.25, -0.2) is 0 Å². The molecule has 2 heterocycles. The molecule has 2 unspecified atom stereocenters. The maximum Gasteiger partial charge on any atom is 0.210 e. The molecule has 2 aliphatic heterocycles. The minimum absolute atomic E-state index is 0.0529. The molecule has 2 bridgehead atoms. The maximum absolute atomic E-state index is 12.5. The van der Waals surface area contributed by atoms with Crippen molar-refractivity contribution in [2.75, 3.05) is 0 Å². The zero-order chi connectivity index (χ0) is 18.0. The van der Waals surface area contributed by atoms with Gasteiger partial charge in [0.15, 0.2) is 14.1 Å². The molecule has 0 radical (unpaired) electrons. The van der Waals surface area contributed by atoms with Crippen LogP contribution in [0.3, 0.4) is 0 Å². The predicted octanol–water partition coefficient (Wildman–Crippen LogP) is 4.99. The van der Waals surface area contributed by atoms with Gasteiger partial charge in [0.1, 0.15) is 6.10 Å². The summed E-state index contributed by atoms with van der Waals surface area (Å²) in [5.74, 6) is -0.925. The number of hydrogen-bond donors (Lipinski definition) is 0. The van der Waals surface area contributed by atoms with Crippen molar-refractivity contribution in [2.24, 2.45) is 5.41 Å². The summed E-state index contributed by atoms with van der Waals surface area (Å²) < 4.78 is 13.0. The number of hydrogen-bond acceptors (Lipinski definition) is 3. The van der Waals surface area contributed by atoms with E-state index in [2.05, 4.69) is 61.6 Å². The molecule has 130 valence electrons. The number of ketones is 1. The molecule has 0 saturated carbocycles. The molecule has 0 aromatic rings. The van der Waals surface area contributed by atoms with Crippen molar-refractivity contribution in [2.45, 2.75) is 85.4 Å². The molecule has 0 fully saturated rings. The lowest BCUT2D eigenvalue weighted by atomic mass is 9.75. The second-order valence-electron chi connectivity index (χ2n) is 9.51. The zero-order valence-electron chi connectivity index (χ0n) is 16.4. The lowest BCUT2D eigenvalue weighted by Crippen LogP contribution is -2.50. The Balaban J connectivity index is 2.60. The second kappa shape index (κ2) is 5.14. The van der Waals surface area contributed by atoms with Crippen LogP contribution in [0.5, 0.6) is 0 Å². The third-order valence-corrected chi connectivity index (χ3v) is 9.80. The van der Waals surface area contributed by atoms with E-state index < -0.39 is 14.1 Å². The van der Waals surface area contributed by atoms with Crippen LogP contribution in [0, 0.1) is 5.41 Å². The highest BCUT2D eigenvalue weighted by molar-refractivity contribution is 6.74. The molecular formula is C19H32O3Si. The van der Waals surface area contributed by atoms with Gasteiger partial charge < -0.3 is 9.16 Å². The summed E-state index contributed by atoms with van der Waals surface area (Å²) in [7, 11) is -2.10. The summed E-state index contributed by atoms with van der Waals surface area (Å²) >= 11 is 0. The van der Waals surface area contributed by atoms with E-state index in [0.29, 0.717) is 0 Å². The van der Waals surface area contributed by atoms with Gasteiger partial charge in [0.2, 0.25) is 5.79 Å². The van der Waals surface area contributed by atoms with Gasteiger partial charge in [-0.05, 0) is 54.6 Å². The minimum atomic E-state index is -2.10. The van der Waals surface area contributed by atoms with E-state index in [1.807, 2.05) is 6.08 Å². The SMILES string of the molecule is CC(=O)C1=C(C(C)(C)C)C2OC1(O[Si](C)(C)C(C)(C)C)C=C2C. The van der Waals surface area contributed by atoms with Crippen molar-refractivity contribution in [3.05, 3.63) is 22.8 Å². The van der Waals surface area contributed by atoms with Crippen LogP contribution >= 0.6 is 0 Å². The smallest absolute Gasteiger partial charge is 0.210 e. The number of carbonyl (C=O) groups excluding carboxylic acids is 1. The average molecular weight is 337 g/mol.